The number of nitrogens with two attached hydrogens (primary N) is 1. The molecule has 2 N–H and O–H groups in total. The van der Waals surface area contributed by atoms with Crippen LogP contribution in [-0.4, -0.2) is 34.5 Å². The van der Waals surface area contributed by atoms with Gasteiger partial charge in [0.15, 0.2) is 0 Å². The second kappa shape index (κ2) is 5.65. The molecule has 0 saturated heterocycles. The molecule has 0 aliphatic rings. The molecule has 0 aliphatic heterocycles. The third-order valence-corrected chi connectivity index (χ3v) is 2.58. The number of carbonyl (C=O) groups is 1. The van der Waals surface area contributed by atoms with Gasteiger partial charge in [-0.2, -0.15) is 0 Å². The molecular weight excluding hydrogens is 222 g/mol. The summed E-state index contributed by atoms with van der Waals surface area (Å²) in [5.41, 5.74) is 6.43. The second-order valence-electron chi connectivity index (χ2n) is 3.84. The lowest BCUT2D eigenvalue weighted by Crippen LogP contribution is -2.22. The minimum atomic E-state index is 0.143. The van der Waals surface area contributed by atoms with Crippen LogP contribution < -0.4 is 5.73 Å². The van der Waals surface area contributed by atoms with Crippen LogP contribution in [0.15, 0.2) is 18.3 Å². The molecule has 1 amide bonds. The molecule has 0 fully saturated rings. The molecule has 5 heteroatoms. The van der Waals surface area contributed by atoms with Crippen LogP contribution in [0.4, 0.5) is 0 Å². The van der Waals surface area contributed by atoms with E-state index in [2.05, 4.69) is 0 Å². The van der Waals surface area contributed by atoms with Gasteiger partial charge in [-0.15, -0.1) is 0 Å². The van der Waals surface area contributed by atoms with Gasteiger partial charge >= 0.3 is 0 Å². The van der Waals surface area contributed by atoms with Crippen LogP contribution in [0.2, 0.25) is 0 Å². The van der Waals surface area contributed by atoms with Crippen LogP contribution in [0.25, 0.3) is 0 Å². The summed E-state index contributed by atoms with van der Waals surface area (Å²) in [6.45, 7) is 0.763. The molecule has 0 unspecified atom stereocenters. The van der Waals surface area contributed by atoms with Gasteiger partial charge < -0.3 is 15.2 Å². The zero-order valence-electron chi connectivity index (χ0n) is 9.64. The summed E-state index contributed by atoms with van der Waals surface area (Å²) in [7, 11) is 3.52. The van der Waals surface area contributed by atoms with Crippen molar-refractivity contribution in [1.82, 2.24) is 9.47 Å². The van der Waals surface area contributed by atoms with E-state index in [1.54, 1.807) is 19.0 Å². The van der Waals surface area contributed by atoms with E-state index >= 15 is 0 Å². The van der Waals surface area contributed by atoms with Gasteiger partial charge in [0.1, 0.15) is 4.99 Å². The van der Waals surface area contributed by atoms with Crippen LogP contribution in [0, 0.1) is 0 Å². The highest BCUT2D eigenvalue weighted by molar-refractivity contribution is 7.80. The number of carbonyl (C=O) groups excluding carboxylic acids is 1. The molecule has 1 aromatic rings. The van der Waals surface area contributed by atoms with Crippen molar-refractivity contribution in [2.75, 3.05) is 14.1 Å². The fraction of sp³-hybridized carbons (Fsp3) is 0.455. The summed E-state index contributed by atoms with van der Waals surface area (Å²) in [5, 5.41) is 0. The van der Waals surface area contributed by atoms with E-state index in [0.717, 1.165) is 18.7 Å². The Bertz CT molecular complexity index is 384. The Kier molecular flexibility index (Phi) is 4.49. The third kappa shape index (κ3) is 3.34. The molecule has 0 aliphatic carbocycles. The summed E-state index contributed by atoms with van der Waals surface area (Å²) in [6.07, 6.45) is 3.26. The molecule has 4 nitrogen and oxygen atoms in total. The van der Waals surface area contributed by atoms with Crippen LogP contribution in [0.5, 0.6) is 0 Å². The Morgan fingerprint density at radius 1 is 1.56 bits per heavy atom. The third-order valence-electron chi connectivity index (χ3n) is 2.37. The SMILES string of the molecule is CN(C)C(=O)CCCn1cccc1C(N)=S. The molecule has 0 spiro atoms. The molecule has 1 rings (SSSR count). The number of thiocarbonyl (C=S) groups is 1. The number of hydrogen-bond acceptors (Lipinski definition) is 2. The maximum absolute atomic E-state index is 11.4. The number of nitrogens with zero attached hydrogens (tertiary/aromatic N) is 2. The van der Waals surface area contributed by atoms with Gasteiger partial charge in [-0.05, 0) is 18.6 Å². The molecule has 1 aromatic heterocycles. The lowest BCUT2D eigenvalue weighted by molar-refractivity contribution is -0.128. The lowest BCUT2D eigenvalue weighted by Gasteiger charge is -2.11. The fourth-order valence-electron chi connectivity index (χ4n) is 1.46. The Morgan fingerprint density at radius 3 is 2.81 bits per heavy atom. The zero-order valence-corrected chi connectivity index (χ0v) is 10.5. The number of amides is 1. The van der Waals surface area contributed by atoms with Gasteiger partial charge in [0.2, 0.25) is 5.91 Å². The molecule has 0 atom stereocenters. The zero-order chi connectivity index (χ0) is 12.1. The molecule has 0 radical (unpaired) electrons. The van der Waals surface area contributed by atoms with E-state index in [1.165, 1.54) is 0 Å². The highest BCUT2D eigenvalue weighted by Gasteiger charge is 2.06. The number of hydrogen-bond donors (Lipinski definition) is 1. The van der Waals surface area contributed by atoms with Crippen LogP contribution in [0.3, 0.4) is 0 Å². The van der Waals surface area contributed by atoms with E-state index in [-0.39, 0.29) is 5.91 Å². The summed E-state index contributed by atoms with van der Waals surface area (Å²) in [5.74, 6) is 0.143. The van der Waals surface area contributed by atoms with Gasteiger partial charge in [-0.25, -0.2) is 0 Å². The van der Waals surface area contributed by atoms with Crippen LogP contribution in [0.1, 0.15) is 18.5 Å². The maximum Gasteiger partial charge on any atom is 0.222 e. The van der Waals surface area contributed by atoms with Crippen molar-refractivity contribution >= 4 is 23.1 Å². The summed E-state index contributed by atoms with van der Waals surface area (Å²) >= 11 is 4.93. The minimum absolute atomic E-state index is 0.143. The first kappa shape index (κ1) is 12.7. The van der Waals surface area contributed by atoms with E-state index in [0.29, 0.717) is 11.4 Å². The van der Waals surface area contributed by atoms with E-state index in [9.17, 15) is 4.79 Å². The molecule has 1 heterocycles. The van der Waals surface area contributed by atoms with Gasteiger partial charge in [0, 0.05) is 33.3 Å². The predicted octanol–water partition coefficient (Wildman–Crippen LogP) is 0.991. The second-order valence-corrected chi connectivity index (χ2v) is 4.28. The normalized spacial score (nSPS) is 10.1. The van der Waals surface area contributed by atoms with Crippen molar-refractivity contribution in [3.63, 3.8) is 0 Å². The largest absolute Gasteiger partial charge is 0.388 e. The van der Waals surface area contributed by atoms with Crippen molar-refractivity contribution in [3.8, 4) is 0 Å². The minimum Gasteiger partial charge on any atom is -0.388 e. The average molecular weight is 239 g/mol. The Hall–Kier alpha value is -1.36. The number of rotatable bonds is 5. The Labute approximate surface area is 101 Å². The molecule has 0 aromatic carbocycles. The van der Waals surface area contributed by atoms with Crippen LogP contribution >= 0.6 is 12.2 Å². The maximum atomic E-state index is 11.4. The Balaban J connectivity index is 2.46. The topological polar surface area (TPSA) is 51.3 Å². The lowest BCUT2D eigenvalue weighted by atomic mass is 10.3. The highest BCUT2D eigenvalue weighted by atomic mass is 32.1. The molecular formula is C11H17N3OS. The van der Waals surface area contributed by atoms with Crippen molar-refractivity contribution in [2.45, 2.75) is 19.4 Å². The summed E-state index contributed by atoms with van der Waals surface area (Å²) in [4.78, 5) is 13.4. The van der Waals surface area contributed by atoms with Crippen LogP contribution in [-0.2, 0) is 11.3 Å². The van der Waals surface area contributed by atoms with E-state index < -0.39 is 0 Å². The van der Waals surface area contributed by atoms with Crippen molar-refractivity contribution in [2.24, 2.45) is 5.73 Å². The van der Waals surface area contributed by atoms with Crippen molar-refractivity contribution in [3.05, 3.63) is 24.0 Å². The fourth-order valence-corrected chi connectivity index (χ4v) is 1.64. The standard InChI is InChI=1S/C11H17N3OS/c1-13(2)10(15)6-4-8-14-7-3-5-9(14)11(12)16/h3,5,7H,4,6,8H2,1-2H3,(H2,12,16). The van der Waals surface area contributed by atoms with Crippen molar-refractivity contribution in [1.29, 1.82) is 0 Å². The molecule has 88 valence electrons. The van der Waals surface area contributed by atoms with Gasteiger partial charge in [-0.1, -0.05) is 12.2 Å². The predicted molar refractivity (Wildman–Crippen MR) is 68.2 cm³/mol. The number of aromatic nitrogens is 1. The quantitative estimate of drug-likeness (QED) is 0.780. The highest BCUT2D eigenvalue weighted by Crippen LogP contribution is 2.05. The van der Waals surface area contributed by atoms with Crippen molar-refractivity contribution < 1.29 is 4.79 Å². The summed E-state index contributed by atoms with van der Waals surface area (Å²) in [6, 6.07) is 3.79. The average Bonchev–Trinajstić information content (AvgIpc) is 2.65. The van der Waals surface area contributed by atoms with E-state index in [4.69, 9.17) is 18.0 Å². The first-order valence-corrected chi connectivity index (χ1v) is 5.58. The Morgan fingerprint density at radius 2 is 2.25 bits per heavy atom. The molecule has 0 saturated carbocycles. The summed E-state index contributed by atoms with van der Waals surface area (Å²) < 4.78 is 1.98. The smallest absolute Gasteiger partial charge is 0.222 e. The number of aryl methyl sites for hydroxylation is 1. The van der Waals surface area contributed by atoms with Gasteiger partial charge in [0.25, 0.3) is 0 Å². The first-order valence-electron chi connectivity index (χ1n) is 5.17. The first-order chi connectivity index (χ1) is 7.52. The molecule has 0 bridgehead atoms. The monoisotopic (exact) mass is 239 g/mol. The van der Waals surface area contributed by atoms with Gasteiger partial charge in [-0.3, -0.25) is 4.79 Å². The molecule has 16 heavy (non-hydrogen) atoms. The van der Waals surface area contributed by atoms with E-state index in [1.807, 2.05) is 22.9 Å². The van der Waals surface area contributed by atoms with Gasteiger partial charge in [0.05, 0.1) is 5.69 Å².